The average Bonchev–Trinajstić information content (AvgIpc) is 2.82. The first-order chi connectivity index (χ1) is 6.20. The molecule has 1 aliphatic heterocycles. The fraction of sp³-hybridized carbons (Fsp3) is 0.900. The number of carbonyl (C=O) groups excluding carboxylic acids is 1. The quantitative estimate of drug-likeness (QED) is 0.610. The van der Waals surface area contributed by atoms with Crippen molar-refractivity contribution in [1.82, 2.24) is 0 Å². The second kappa shape index (κ2) is 3.29. The van der Waals surface area contributed by atoms with Crippen LogP contribution in [-0.4, -0.2) is 25.3 Å². The van der Waals surface area contributed by atoms with E-state index in [0.717, 1.165) is 13.0 Å². The van der Waals surface area contributed by atoms with E-state index >= 15 is 0 Å². The molecule has 0 unspecified atom stereocenters. The summed E-state index contributed by atoms with van der Waals surface area (Å²) >= 11 is 0. The van der Waals surface area contributed by atoms with Crippen LogP contribution in [0.5, 0.6) is 0 Å². The maximum Gasteiger partial charge on any atom is 0.302 e. The topological polar surface area (TPSA) is 35.5 Å². The van der Waals surface area contributed by atoms with Crippen molar-refractivity contribution >= 4 is 5.97 Å². The van der Waals surface area contributed by atoms with E-state index in [9.17, 15) is 4.79 Å². The van der Waals surface area contributed by atoms with Gasteiger partial charge in [-0.25, -0.2) is 0 Å². The maximum atomic E-state index is 10.6. The highest BCUT2D eigenvalue weighted by molar-refractivity contribution is 5.65. The van der Waals surface area contributed by atoms with Crippen LogP contribution in [-0.2, 0) is 14.3 Å². The van der Waals surface area contributed by atoms with E-state index in [4.69, 9.17) is 9.47 Å². The van der Waals surface area contributed by atoms with Gasteiger partial charge in [-0.2, -0.15) is 0 Å². The summed E-state index contributed by atoms with van der Waals surface area (Å²) in [6.45, 7) is 2.72. The molecule has 1 saturated heterocycles. The minimum atomic E-state index is -0.209. The van der Waals surface area contributed by atoms with E-state index in [1.807, 2.05) is 0 Å². The standard InChI is InChI=1S/C10H16O3/c1-8(11)13-7-9-6-10(2-3-10)4-5-12-9/h9H,2-7H2,1H3/t9-/m0/s1. The van der Waals surface area contributed by atoms with Gasteiger partial charge in [0, 0.05) is 13.5 Å². The molecule has 0 aromatic carbocycles. The maximum absolute atomic E-state index is 10.6. The Hall–Kier alpha value is -0.570. The predicted molar refractivity (Wildman–Crippen MR) is 47.3 cm³/mol. The lowest BCUT2D eigenvalue weighted by molar-refractivity contribution is -0.147. The monoisotopic (exact) mass is 184 g/mol. The molecule has 1 spiro atoms. The molecular formula is C10H16O3. The molecule has 2 aliphatic rings. The molecule has 2 rings (SSSR count). The number of hydrogen-bond acceptors (Lipinski definition) is 3. The molecular weight excluding hydrogens is 168 g/mol. The zero-order valence-corrected chi connectivity index (χ0v) is 8.04. The molecule has 0 bridgehead atoms. The summed E-state index contributed by atoms with van der Waals surface area (Å²) in [6, 6.07) is 0. The molecule has 0 aromatic heterocycles. The summed E-state index contributed by atoms with van der Waals surface area (Å²) < 4.78 is 10.5. The van der Waals surface area contributed by atoms with Crippen molar-refractivity contribution in [2.45, 2.75) is 38.7 Å². The van der Waals surface area contributed by atoms with E-state index in [0.29, 0.717) is 12.0 Å². The third-order valence-corrected chi connectivity index (χ3v) is 3.08. The summed E-state index contributed by atoms with van der Waals surface area (Å²) in [7, 11) is 0. The predicted octanol–water partition coefficient (Wildman–Crippen LogP) is 1.51. The van der Waals surface area contributed by atoms with E-state index in [1.54, 1.807) is 0 Å². The molecule has 0 aromatic rings. The SMILES string of the molecule is CC(=O)OC[C@@H]1CC2(CCO1)CC2. The van der Waals surface area contributed by atoms with E-state index in [2.05, 4.69) is 0 Å². The molecule has 3 heteroatoms. The van der Waals surface area contributed by atoms with E-state index in [1.165, 1.54) is 26.2 Å². The average molecular weight is 184 g/mol. The van der Waals surface area contributed by atoms with Crippen LogP contribution in [0.15, 0.2) is 0 Å². The van der Waals surface area contributed by atoms with Gasteiger partial charge in [-0.15, -0.1) is 0 Å². The van der Waals surface area contributed by atoms with Crippen molar-refractivity contribution in [3.05, 3.63) is 0 Å². The Morgan fingerprint density at radius 1 is 1.54 bits per heavy atom. The van der Waals surface area contributed by atoms with Crippen molar-refractivity contribution in [1.29, 1.82) is 0 Å². The van der Waals surface area contributed by atoms with Gasteiger partial charge in [-0.05, 0) is 31.1 Å². The van der Waals surface area contributed by atoms with Crippen LogP contribution >= 0.6 is 0 Å². The zero-order valence-electron chi connectivity index (χ0n) is 8.04. The van der Waals surface area contributed by atoms with Crippen molar-refractivity contribution in [2.24, 2.45) is 5.41 Å². The van der Waals surface area contributed by atoms with Crippen LogP contribution in [0.3, 0.4) is 0 Å². The van der Waals surface area contributed by atoms with Gasteiger partial charge in [0.15, 0.2) is 0 Å². The van der Waals surface area contributed by atoms with Gasteiger partial charge in [0.2, 0.25) is 0 Å². The smallest absolute Gasteiger partial charge is 0.302 e. The molecule has 0 amide bonds. The summed E-state index contributed by atoms with van der Waals surface area (Å²) in [4.78, 5) is 10.6. The Bertz CT molecular complexity index is 208. The molecule has 1 heterocycles. The van der Waals surface area contributed by atoms with Gasteiger partial charge < -0.3 is 9.47 Å². The first kappa shape index (κ1) is 9.00. The van der Waals surface area contributed by atoms with Crippen molar-refractivity contribution in [3.63, 3.8) is 0 Å². The summed E-state index contributed by atoms with van der Waals surface area (Å²) in [6.07, 6.45) is 5.11. The summed E-state index contributed by atoms with van der Waals surface area (Å²) in [5, 5.41) is 0. The van der Waals surface area contributed by atoms with Crippen LogP contribution in [0.4, 0.5) is 0 Å². The van der Waals surface area contributed by atoms with E-state index < -0.39 is 0 Å². The molecule has 1 aliphatic carbocycles. The molecule has 74 valence electrons. The lowest BCUT2D eigenvalue weighted by atomic mass is 9.93. The number of ether oxygens (including phenoxy) is 2. The van der Waals surface area contributed by atoms with E-state index in [-0.39, 0.29) is 12.1 Å². The highest BCUT2D eigenvalue weighted by Crippen LogP contribution is 2.54. The second-order valence-electron chi connectivity index (χ2n) is 4.25. The van der Waals surface area contributed by atoms with Crippen LogP contribution < -0.4 is 0 Å². The molecule has 0 radical (unpaired) electrons. The van der Waals surface area contributed by atoms with Crippen molar-refractivity contribution < 1.29 is 14.3 Å². The lowest BCUT2D eigenvalue weighted by Crippen LogP contribution is -2.31. The Morgan fingerprint density at radius 2 is 2.31 bits per heavy atom. The third-order valence-electron chi connectivity index (χ3n) is 3.08. The van der Waals surface area contributed by atoms with Crippen molar-refractivity contribution in [2.75, 3.05) is 13.2 Å². The van der Waals surface area contributed by atoms with Crippen LogP contribution in [0, 0.1) is 5.41 Å². The fourth-order valence-corrected chi connectivity index (χ4v) is 2.03. The van der Waals surface area contributed by atoms with Gasteiger partial charge in [0.1, 0.15) is 6.61 Å². The Balaban J connectivity index is 1.76. The highest BCUT2D eigenvalue weighted by Gasteiger charge is 2.46. The molecule has 0 N–H and O–H groups in total. The Labute approximate surface area is 78.4 Å². The minimum Gasteiger partial charge on any atom is -0.463 e. The van der Waals surface area contributed by atoms with Gasteiger partial charge in [-0.3, -0.25) is 4.79 Å². The first-order valence-electron chi connectivity index (χ1n) is 4.95. The number of rotatable bonds is 2. The molecule has 1 atom stereocenters. The molecule has 2 fully saturated rings. The second-order valence-corrected chi connectivity index (χ2v) is 4.25. The lowest BCUT2D eigenvalue weighted by Gasteiger charge is -2.28. The van der Waals surface area contributed by atoms with Gasteiger partial charge >= 0.3 is 5.97 Å². The zero-order chi connectivity index (χ0) is 9.31. The van der Waals surface area contributed by atoms with Crippen molar-refractivity contribution in [3.8, 4) is 0 Å². The van der Waals surface area contributed by atoms with Crippen LogP contribution in [0.25, 0.3) is 0 Å². The number of hydrogen-bond donors (Lipinski definition) is 0. The summed E-state index contributed by atoms with van der Waals surface area (Å²) in [5.74, 6) is -0.209. The van der Waals surface area contributed by atoms with Gasteiger partial charge in [0.25, 0.3) is 0 Å². The Kier molecular flexibility index (Phi) is 2.28. The molecule has 1 saturated carbocycles. The Morgan fingerprint density at radius 3 is 2.92 bits per heavy atom. The molecule has 3 nitrogen and oxygen atoms in total. The molecule has 13 heavy (non-hydrogen) atoms. The van der Waals surface area contributed by atoms with Crippen LogP contribution in [0.1, 0.15) is 32.6 Å². The van der Waals surface area contributed by atoms with Gasteiger partial charge in [0.05, 0.1) is 6.10 Å². The normalized spacial score (nSPS) is 30.1. The summed E-state index contributed by atoms with van der Waals surface area (Å²) in [5.41, 5.74) is 0.572. The van der Waals surface area contributed by atoms with Crippen LogP contribution in [0.2, 0.25) is 0 Å². The fourth-order valence-electron chi connectivity index (χ4n) is 2.03. The first-order valence-corrected chi connectivity index (χ1v) is 4.95. The van der Waals surface area contributed by atoms with Gasteiger partial charge in [-0.1, -0.05) is 0 Å². The number of esters is 1. The highest BCUT2D eigenvalue weighted by atomic mass is 16.6. The number of carbonyl (C=O) groups is 1. The largest absolute Gasteiger partial charge is 0.463 e. The minimum absolute atomic E-state index is 0.153. The third kappa shape index (κ3) is 2.21.